The van der Waals surface area contributed by atoms with Crippen molar-refractivity contribution in [1.82, 2.24) is 5.32 Å². The van der Waals surface area contributed by atoms with E-state index in [0.29, 0.717) is 11.4 Å². The third-order valence-corrected chi connectivity index (χ3v) is 2.15. The Morgan fingerprint density at radius 2 is 2.00 bits per heavy atom. The van der Waals surface area contributed by atoms with Gasteiger partial charge in [-0.25, -0.2) is 4.79 Å². The summed E-state index contributed by atoms with van der Waals surface area (Å²) in [4.78, 5) is 22.6. The lowest BCUT2D eigenvalue weighted by atomic mass is 10.3. The van der Waals surface area contributed by atoms with Crippen LogP contribution in [0.4, 0.5) is 10.5 Å². The number of methoxy groups -OCH3 is 1. The third-order valence-electron chi connectivity index (χ3n) is 1.95. The summed E-state index contributed by atoms with van der Waals surface area (Å²) in [6.45, 7) is 1.48. The van der Waals surface area contributed by atoms with Gasteiger partial charge in [-0.05, 0) is 19.1 Å². The molecular formula is C11H13ClN2O3. The predicted octanol–water partition coefficient (Wildman–Crippen LogP) is 1.97. The minimum absolute atomic E-state index is 0.475. The number of halogens is 1. The van der Waals surface area contributed by atoms with Gasteiger partial charge in [0.2, 0.25) is 5.91 Å². The van der Waals surface area contributed by atoms with Gasteiger partial charge >= 0.3 is 6.03 Å². The summed E-state index contributed by atoms with van der Waals surface area (Å²) in [5.74, 6) is -0.0481. The molecule has 0 saturated heterocycles. The van der Waals surface area contributed by atoms with Crippen molar-refractivity contribution in [1.29, 1.82) is 0 Å². The highest BCUT2D eigenvalue weighted by Crippen LogP contribution is 2.22. The van der Waals surface area contributed by atoms with Gasteiger partial charge in [0.25, 0.3) is 0 Å². The lowest BCUT2D eigenvalue weighted by molar-refractivity contribution is -0.119. The first kappa shape index (κ1) is 13.3. The highest BCUT2D eigenvalue weighted by Gasteiger charge is 2.13. The topological polar surface area (TPSA) is 67.4 Å². The highest BCUT2D eigenvalue weighted by molar-refractivity contribution is 6.31. The molecule has 0 radical (unpaired) electrons. The van der Waals surface area contributed by atoms with E-state index < -0.39 is 17.3 Å². The van der Waals surface area contributed by atoms with Gasteiger partial charge in [0.15, 0.2) is 0 Å². The second kappa shape index (κ2) is 6.10. The average molecular weight is 257 g/mol. The standard InChI is InChI=1S/C11H13ClN2O3/c1-7(12)10(15)14-11(16)13-8-5-3-4-6-9(8)17-2/h3-7H,1-2H3,(H2,13,14,15,16). The van der Waals surface area contributed by atoms with Crippen molar-refractivity contribution in [3.05, 3.63) is 24.3 Å². The monoisotopic (exact) mass is 256 g/mol. The van der Waals surface area contributed by atoms with Crippen LogP contribution in [0.25, 0.3) is 0 Å². The van der Waals surface area contributed by atoms with Crippen LogP contribution < -0.4 is 15.4 Å². The Morgan fingerprint density at radius 1 is 1.35 bits per heavy atom. The number of hydrogen-bond donors (Lipinski definition) is 2. The molecule has 0 saturated carbocycles. The molecule has 1 atom stereocenters. The molecule has 17 heavy (non-hydrogen) atoms. The molecule has 0 spiro atoms. The highest BCUT2D eigenvalue weighted by atomic mass is 35.5. The number of para-hydroxylation sites is 2. The number of alkyl halides is 1. The third kappa shape index (κ3) is 3.96. The fourth-order valence-corrected chi connectivity index (χ4v) is 1.17. The van der Waals surface area contributed by atoms with E-state index in [1.54, 1.807) is 24.3 Å². The molecule has 2 N–H and O–H groups in total. The van der Waals surface area contributed by atoms with Gasteiger partial charge in [0.05, 0.1) is 12.8 Å². The SMILES string of the molecule is COc1ccccc1NC(=O)NC(=O)C(C)Cl. The number of rotatable bonds is 3. The number of anilines is 1. The number of imide groups is 1. The molecule has 5 nitrogen and oxygen atoms in total. The number of carbonyl (C=O) groups excluding carboxylic acids is 2. The first-order chi connectivity index (χ1) is 8.04. The first-order valence-electron chi connectivity index (χ1n) is 4.93. The molecule has 0 aromatic heterocycles. The van der Waals surface area contributed by atoms with Crippen molar-refractivity contribution < 1.29 is 14.3 Å². The van der Waals surface area contributed by atoms with Crippen molar-refractivity contribution in [2.24, 2.45) is 0 Å². The van der Waals surface area contributed by atoms with E-state index in [9.17, 15) is 9.59 Å². The molecule has 0 aliphatic rings. The van der Waals surface area contributed by atoms with Crippen molar-refractivity contribution in [3.8, 4) is 5.75 Å². The number of urea groups is 1. The first-order valence-corrected chi connectivity index (χ1v) is 5.37. The minimum atomic E-state index is -0.765. The van der Waals surface area contributed by atoms with E-state index in [4.69, 9.17) is 16.3 Å². The Kier molecular flexibility index (Phi) is 4.78. The summed E-state index contributed by atoms with van der Waals surface area (Å²) in [7, 11) is 1.49. The molecule has 1 unspecified atom stereocenters. The van der Waals surface area contributed by atoms with Gasteiger partial charge < -0.3 is 10.1 Å². The maximum Gasteiger partial charge on any atom is 0.326 e. The lowest BCUT2D eigenvalue weighted by Crippen LogP contribution is -2.38. The van der Waals surface area contributed by atoms with E-state index in [2.05, 4.69) is 10.6 Å². The zero-order valence-corrected chi connectivity index (χ0v) is 10.2. The summed E-state index contributed by atoms with van der Waals surface area (Å²) >= 11 is 5.52. The second-order valence-electron chi connectivity index (χ2n) is 3.26. The minimum Gasteiger partial charge on any atom is -0.495 e. The molecule has 1 rings (SSSR count). The Bertz CT molecular complexity index is 421. The van der Waals surface area contributed by atoms with Gasteiger partial charge in [-0.1, -0.05) is 12.1 Å². The van der Waals surface area contributed by atoms with Crippen molar-refractivity contribution in [3.63, 3.8) is 0 Å². The number of benzene rings is 1. The Balaban J connectivity index is 2.65. The molecule has 1 aromatic carbocycles. The molecule has 3 amide bonds. The van der Waals surface area contributed by atoms with Gasteiger partial charge in [0, 0.05) is 0 Å². The molecular weight excluding hydrogens is 244 g/mol. The largest absolute Gasteiger partial charge is 0.495 e. The van der Waals surface area contributed by atoms with Crippen LogP contribution in [0.3, 0.4) is 0 Å². The molecule has 6 heteroatoms. The predicted molar refractivity (Wildman–Crippen MR) is 65.5 cm³/mol. The number of ether oxygens (including phenoxy) is 1. The van der Waals surface area contributed by atoms with E-state index in [1.165, 1.54) is 14.0 Å². The Morgan fingerprint density at radius 3 is 2.59 bits per heavy atom. The molecule has 0 fully saturated rings. The molecule has 92 valence electrons. The summed E-state index contributed by atoms with van der Waals surface area (Å²) in [5, 5.41) is 3.83. The summed E-state index contributed by atoms with van der Waals surface area (Å²) < 4.78 is 5.05. The maximum atomic E-state index is 11.4. The normalized spacial score (nSPS) is 11.5. The van der Waals surface area contributed by atoms with E-state index in [-0.39, 0.29) is 0 Å². The van der Waals surface area contributed by atoms with E-state index >= 15 is 0 Å². The van der Waals surface area contributed by atoms with E-state index in [1.807, 2.05) is 0 Å². The van der Waals surface area contributed by atoms with Crippen LogP contribution in [0.5, 0.6) is 5.75 Å². The summed E-state index contributed by atoms with van der Waals surface area (Å²) in [6.07, 6.45) is 0. The summed E-state index contributed by atoms with van der Waals surface area (Å²) in [5.41, 5.74) is 0.475. The van der Waals surface area contributed by atoms with Crippen LogP contribution in [0.15, 0.2) is 24.3 Å². The number of carbonyl (C=O) groups is 2. The molecule has 0 aliphatic heterocycles. The van der Waals surface area contributed by atoms with Gasteiger partial charge in [-0.15, -0.1) is 11.6 Å². The Labute approximate surface area is 104 Å². The fourth-order valence-electron chi connectivity index (χ4n) is 1.11. The molecule has 0 bridgehead atoms. The van der Waals surface area contributed by atoms with Crippen molar-refractivity contribution in [2.45, 2.75) is 12.3 Å². The van der Waals surface area contributed by atoms with Crippen LogP contribution in [0, 0.1) is 0 Å². The van der Waals surface area contributed by atoms with Crippen LogP contribution in [-0.4, -0.2) is 24.4 Å². The van der Waals surface area contributed by atoms with Gasteiger partial charge in [-0.3, -0.25) is 10.1 Å². The van der Waals surface area contributed by atoms with Gasteiger partial charge in [0.1, 0.15) is 11.1 Å². The van der Waals surface area contributed by atoms with Crippen LogP contribution in [0.1, 0.15) is 6.92 Å². The smallest absolute Gasteiger partial charge is 0.326 e. The zero-order chi connectivity index (χ0) is 12.8. The zero-order valence-electron chi connectivity index (χ0n) is 9.49. The van der Waals surface area contributed by atoms with Crippen molar-refractivity contribution in [2.75, 3.05) is 12.4 Å². The average Bonchev–Trinajstić information content (AvgIpc) is 2.29. The van der Waals surface area contributed by atoms with Gasteiger partial charge in [-0.2, -0.15) is 0 Å². The van der Waals surface area contributed by atoms with Crippen LogP contribution >= 0.6 is 11.6 Å². The molecule has 1 aromatic rings. The van der Waals surface area contributed by atoms with Crippen LogP contribution in [-0.2, 0) is 4.79 Å². The summed E-state index contributed by atoms with van der Waals surface area (Å²) in [6, 6.07) is 6.22. The molecule has 0 aliphatic carbocycles. The fraction of sp³-hybridized carbons (Fsp3) is 0.273. The van der Waals surface area contributed by atoms with E-state index in [0.717, 1.165) is 0 Å². The number of hydrogen-bond acceptors (Lipinski definition) is 3. The Hall–Kier alpha value is -1.75. The number of amides is 3. The maximum absolute atomic E-state index is 11.4. The number of nitrogens with one attached hydrogen (secondary N) is 2. The molecule has 0 heterocycles. The van der Waals surface area contributed by atoms with Crippen molar-refractivity contribution >= 4 is 29.2 Å². The second-order valence-corrected chi connectivity index (χ2v) is 3.91. The van der Waals surface area contributed by atoms with Crippen LogP contribution in [0.2, 0.25) is 0 Å². The quantitative estimate of drug-likeness (QED) is 0.813. The lowest BCUT2D eigenvalue weighted by Gasteiger charge is -2.10.